The fraction of sp³-hybridized carbons (Fsp3) is 0.519. The second-order valence-corrected chi connectivity index (χ2v) is 10.6. The lowest BCUT2D eigenvalue weighted by molar-refractivity contribution is -0.145. The van der Waals surface area contributed by atoms with Gasteiger partial charge in [-0.25, -0.2) is 4.79 Å². The fourth-order valence-corrected chi connectivity index (χ4v) is 3.66. The van der Waals surface area contributed by atoms with Crippen molar-refractivity contribution < 1.29 is 14.6 Å². The standard InChI is InChI=1S/C27H40N2O3/c1-10-32-25(31)23(28-17-18-11-13-20(14-12-18)29(8)9)19-15-21(26(2,3)4)24(30)22(16-19)27(5,6)7/h11-16,23,28,30H,10,17H2,1-9H3. The van der Waals surface area contributed by atoms with Gasteiger partial charge in [-0.1, -0.05) is 53.7 Å². The van der Waals surface area contributed by atoms with E-state index in [0.717, 1.165) is 27.9 Å². The molecule has 0 aliphatic rings. The predicted molar refractivity (Wildman–Crippen MR) is 132 cm³/mol. The normalized spacial score (nSPS) is 13.0. The van der Waals surface area contributed by atoms with E-state index in [4.69, 9.17) is 4.74 Å². The van der Waals surface area contributed by atoms with Crippen molar-refractivity contribution in [2.75, 3.05) is 25.6 Å². The number of esters is 1. The molecule has 0 aliphatic heterocycles. The summed E-state index contributed by atoms with van der Waals surface area (Å²) in [6, 6.07) is 11.5. The number of ether oxygens (including phenoxy) is 1. The smallest absolute Gasteiger partial charge is 0.327 e. The SMILES string of the molecule is CCOC(=O)C(NCc1ccc(N(C)C)cc1)c1cc(C(C)(C)C)c(O)c(C(C)(C)C)c1. The zero-order valence-corrected chi connectivity index (χ0v) is 21.2. The Labute approximate surface area is 193 Å². The monoisotopic (exact) mass is 440 g/mol. The van der Waals surface area contributed by atoms with Crippen LogP contribution in [-0.4, -0.2) is 31.8 Å². The number of phenols is 1. The molecule has 0 spiro atoms. The van der Waals surface area contributed by atoms with E-state index in [1.165, 1.54) is 0 Å². The number of anilines is 1. The predicted octanol–water partition coefficient (Wildman–Crippen LogP) is 5.45. The highest BCUT2D eigenvalue weighted by Crippen LogP contribution is 2.41. The van der Waals surface area contributed by atoms with Crippen molar-refractivity contribution >= 4 is 11.7 Å². The van der Waals surface area contributed by atoms with E-state index in [2.05, 4.69) is 76.0 Å². The Bertz CT molecular complexity index is 884. The fourth-order valence-electron chi connectivity index (χ4n) is 3.66. The molecular formula is C27H40N2O3. The first-order valence-electron chi connectivity index (χ1n) is 11.3. The van der Waals surface area contributed by atoms with Crippen LogP contribution in [0.25, 0.3) is 0 Å². The van der Waals surface area contributed by atoms with Gasteiger partial charge < -0.3 is 14.7 Å². The number of benzene rings is 2. The summed E-state index contributed by atoms with van der Waals surface area (Å²) in [5.74, 6) is -0.0153. The second-order valence-electron chi connectivity index (χ2n) is 10.6. The number of hydrogen-bond acceptors (Lipinski definition) is 5. The highest BCUT2D eigenvalue weighted by Gasteiger charge is 2.30. The molecule has 32 heavy (non-hydrogen) atoms. The summed E-state index contributed by atoms with van der Waals surface area (Å²) in [6.07, 6.45) is 0. The average molecular weight is 441 g/mol. The molecule has 0 fully saturated rings. The highest BCUT2D eigenvalue weighted by atomic mass is 16.5. The van der Waals surface area contributed by atoms with E-state index in [1.54, 1.807) is 0 Å². The van der Waals surface area contributed by atoms with Crippen LogP contribution in [0.5, 0.6) is 5.75 Å². The van der Waals surface area contributed by atoms with Crippen LogP contribution >= 0.6 is 0 Å². The molecule has 1 atom stereocenters. The molecule has 2 rings (SSSR count). The Balaban J connectivity index is 2.48. The largest absolute Gasteiger partial charge is 0.507 e. The Hall–Kier alpha value is -2.53. The van der Waals surface area contributed by atoms with E-state index in [1.807, 2.05) is 33.2 Å². The third-order valence-corrected chi connectivity index (χ3v) is 5.57. The van der Waals surface area contributed by atoms with E-state index >= 15 is 0 Å². The van der Waals surface area contributed by atoms with Crippen LogP contribution in [0.15, 0.2) is 36.4 Å². The van der Waals surface area contributed by atoms with Gasteiger partial charge in [-0.3, -0.25) is 5.32 Å². The van der Waals surface area contributed by atoms with E-state index < -0.39 is 6.04 Å². The first-order valence-corrected chi connectivity index (χ1v) is 11.3. The lowest BCUT2D eigenvalue weighted by atomic mass is 9.77. The molecule has 0 aromatic heterocycles. The van der Waals surface area contributed by atoms with Crippen LogP contribution in [0.4, 0.5) is 5.69 Å². The maximum atomic E-state index is 13.0. The van der Waals surface area contributed by atoms with Gasteiger partial charge in [0.25, 0.3) is 0 Å². The Morgan fingerprint density at radius 2 is 1.50 bits per heavy atom. The summed E-state index contributed by atoms with van der Waals surface area (Å²) in [5, 5.41) is 14.4. The minimum Gasteiger partial charge on any atom is -0.507 e. The van der Waals surface area contributed by atoms with Crippen LogP contribution in [-0.2, 0) is 26.9 Å². The molecule has 0 radical (unpaired) electrons. The maximum absolute atomic E-state index is 13.0. The van der Waals surface area contributed by atoms with Gasteiger partial charge in [-0.15, -0.1) is 0 Å². The van der Waals surface area contributed by atoms with Crippen LogP contribution in [0, 0.1) is 0 Å². The van der Waals surface area contributed by atoms with Crippen LogP contribution < -0.4 is 10.2 Å². The van der Waals surface area contributed by atoms with Crippen molar-refractivity contribution in [3.8, 4) is 5.75 Å². The Kier molecular flexibility index (Phi) is 8.00. The average Bonchev–Trinajstić information content (AvgIpc) is 2.67. The molecule has 1 unspecified atom stereocenters. The summed E-state index contributed by atoms with van der Waals surface area (Å²) in [5.41, 5.74) is 4.11. The minimum atomic E-state index is -0.633. The molecule has 2 N–H and O–H groups in total. The van der Waals surface area contributed by atoms with Gasteiger partial charge in [-0.05, 0) is 64.3 Å². The van der Waals surface area contributed by atoms with Crippen molar-refractivity contribution in [3.05, 3.63) is 58.7 Å². The van der Waals surface area contributed by atoms with Crippen molar-refractivity contribution in [3.63, 3.8) is 0 Å². The number of carbonyl (C=O) groups excluding carboxylic acids is 1. The Morgan fingerprint density at radius 3 is 1.91 bits per heavy atom. The molecule has 2 aromatic rings. The molecule has 5 nitrogen and oxygen atoms in total. The molecule has 0 amide bonds. The number of aromatic hydroxyl groups is 1. The van der Waals surface area contributed by atoms with Crippen LogP contribution in [0.2, 0.25) is 0 Å². The van der Waals surface area contributed by atoms with Gasteiger partial charge in [0.1, 0.15) is 11.8 Å². The zero-order chi connectivity index (χ0) is 24.3. The van der Waals surface area contributed by atoms with Gasteiger partial charge in [0.05, 0.1) is 6.61 Å². The van der Waals surface area contributed by atoms with E-state index in [9.17, 15) is 9.90 Å². The van der Waals surface area contributed by atoms with Gasteiger partial charge in [-0.2, -0.15) is 0 Å². The third-order valence-electron chi connectivity index (χ3n) is 5.57. The number of nitrogens with one attached hydrogen (secondary N) is 1. The summed E-state index contributed by atoms with van der Waals surface area (Å²) in [7, 11) is 4.02. The number of phenolic OH excluding ortho intramolecular Hbond substituents is 1. The number of carbonyl (C=O) groups is 1. The molecule has 0 bridgehead atoms. The second kappa shape index (κ2) is 9.95. The molecule has 0 heterocycles. The van der Waals surface area contributed by atoms with Crippen molar-refractivity contribution in [2.45, 2.75) is 71.9 Å². The zero-order valence-electron chi connectivity index (χ0n) is 21.2. The maximum Gasteiger partial charge on any atom is 0.327 e. The molecule has 176 valence electrons. The van der Waals surface area contributed by atoms with Gasteiger partial charge in [0.15, 0.2) is 0 Å². The summed E-state index contributed by atoms with van der Waals surface area (Å²) < 4.78 is 5.41. The Morgan fingerprint density at radius 1 is 1.00 bits per heavy atom. The molecular weight excluding hydrogens is 400 g/mol. The number of hydrogen-bond donors (Lipinski definition) is 2. The van der Waals surface area contributed by atoms with Crippen molar-refractivity contribution in [2.24, 2.45) is 0 Å². The van der Waals surface area contributed by atoms with E-state index in [-0.39, 0.29) is 16.8 Å². The van der Waals surface area contributed by atoms with E-state index in [0.29, 0.717) is 18.9 Å². The molecule has 2 aromatic carbocycles. The molecule has 0 aliphatic carbocycles. The first kappa shape index (κ1) is 25.7. The van der Waals surface area contributed by atoms with Gasteiger partial charge in [0, 0.05) is 26.3 Å². The highest BCUT2D eigenvalue weighted by molar-refractivity contribution is 5.78. The lowest BCUT2D eigenvalue weighted by Gasteiger charge is -2.30. The first-order chi connectivity index (χ1) is 14.8. The number of rotatable bonds is 7. The van der Waals surface area contributed by atoms with Crippen molar-refractivity contribution in [1.82, 2.24) is 5.32 Å². The van der Waals surface area contributed by atoms with Crippen LogP contribution in [0.3, 0.4) is 0 Å². The van der Waals surface area contributed by atoms with Gasteiger partial charge >= 0.3 is 5.97 Å². The molecule has 0 saturated carbocycles. The topological polar surface area (TPSA) is 61.8 Å². The van der Waals surface area contributed by atoms with Gasteiger partial charge in [0.2, 0.25) is 0 Å². The number of nitrogens with zero attached hydrogens (tertiary/aromatic N) is 1. The summed E-state index contributed by atoms with van der Waals surface area (Å²) in [6.45, 7) is 15.0. The van der Waals surface area contributed by atoms with Crippen molar-refractivity contribution in [1.29, 1.82) is 0 Å². The molecule has 0 saturated heterocycles. The minimum absolute atomic E-state index is 0.276. The van der Waals surface area contributed by atoms with Crippen LogP contribution in [0.1, 0.15) is 76.8 Å². The summed E-state index contributed by atoms with van der Waals surface area (Å²) in [4.78, 5) is 15.0. The lowest BCUT2D eigenvalue weighted by Crippen LogP contribution is -2.31. The third kappa shape index (κ3) is 6.26. The molecule has 5 heteroatoms. The quantitative estimate of drug-likeness (QED) is 0.561. The summed E-state index contributed by atoms with van der Waals surface area (Å²) >= 11 is 0.